The molecule has 8 heteroatoms. The Hall–Kier alpha value is -3.21. The third-order valence-electron chi connectivity index (χ3n) is 6.19. The number of fused-ring (bicyclic) bond motifs is 1. The Balaban J connectivity index is 1.55. The number of carbonyl (C=O) groups excluding carboxylic acids is 2. The highest BCUT2D eigenvalue weighted by Gasteiger charge is 2.32. The summed E-state index contributed by atoms with van der Waals surface area (Å²) >= 11 is 0. The van der Waals surface area contributed by atoms with Crippen molar-refractivity contribution in [2.75, 3.05) is 5.32 Å². The van der Waals surface area contributed by atoms with Gasteiger partial charge in [-0.25, -0.2) is 4.98 Å². The molecule has 1 aliphatic carbocycles. The van der Waals surface area contributed by atoms with Crippen molar-refractivity contribution in [3.63, 3.8) is 0 Å². The van der Waals surface area contributed by atoms with Gasteiger partial charge in [-0.15, -0.1) is 0 Å². The van der Waals surface area contributed by atoms with Gasteiger partial charge in [0.15, 0.2) is 0 Å². The van der Waals surface area contributed by atoms with E-state index in [1.165, 1.54) is 13.1 Å². The molecule has 2 N–H and O–H groups in total. The van der Waals surface area contributed by atoms with Gasteiger partial charge < -0.3 is 10.6 Å². The van der Waals surface area contributed by atoms with Crippen LogP contribution in [-0.2, 0) is 22.6 Å². The van der Waals surface area contributed by atoms with Crippen molar-refractivity contribution < 1.29 is 9.59 Å². The number of nitrogens with one attached hydrogen (secondary N) is 2. The highest BCUT2D eigenvalue weighted by atomic mass is 16.2. The van der Waals surface area contributed by atoms with Crippen LogP contribution >= 0.6 is 0 Å². The third-order valence-corrected chi connectivity index (χ3v) is 6.19. The Kier molecular flexibility index (Phi) is 5.52. The van der Waals surface area contributed by atoms with Crippen molar-refractivity contribution in [2.45, 2.75) is 65.5 Å². The van der Waals surface area contributed by atoms with Crippen LogP contribution in [0.5, 0.6) is 0 Å². The molecule has 1 aliphatic heterocycles. The third kappa shape index (κ3) is 4.46. The van der Waals surface area contributed by atoms with Gasteiger partial charge in [-0.05, 0) is 37.2 Å². The van der Waals surface area contributed by atoms with Crippen LogP contribution in [0.2, 0.25) is 0 Å². The Labute approximate surface area is 182 Å². The number of anilines is 1. The minimum Gasteiger partial charge on any atom is -0.354 e. The largest absolute Gasteiger partial charge is 0.354 e. The van der Waals surface area contributed by atoms with Gasteiger partial charge in [0.2, 0.25) is 11.8 Å². The average molecular weight is 421 g/mol. The summed E-state index contributed by atoms with van der Waals surface area (Å²) in [4.78, 5) is 28.5. The fraction of sp³-hybridized carbons (Fsp3) is 0.522. The Bertz CT molecular complexity index is 1060. The minimum absolute atomic E-state index is 0.0323. The van der Waals surface area contributed by atoms with Gasteiger partial charge in [0.25, 0.3) is 0 Å². The van der Waals surface area contributed by atoms with Crippen molar-refractivity contribution >= 4 is 17.6 Å². The Morgan fingerprint density at radius 1 is 1.26 bits per heavy atom. The van der Waals surface area contributed by atoms with Crippen LogP contribution in [0, 0.1) is 22.7 Å². The monoisotopic (exact) mass is 420 g/mol. The summed E-state index contributed by atoms with van der Waals surface area (Å²) in [6, 6.07) is 4.02. The maximum atomic E-state index is 12.9. The zero-order valence-electron chi connectivity index (χ0n) is 18.2. The number of nitriles is 1. The Morgan fingerprint density at radius 3 is 2.81 bits per heavy atom. The maximum absolute atomic E-state index is 12.9. The molecule has 2 aliphatic rings. The van der Waals surface area contributed by atoms with Gasteiger partial charge >= 0.3 is 0 Å². The number of hydrogen-bond donors (Lipinski definition) is 2. The van der Waals surface area contributed by atoms with Crippen LogP contribution in [-0.4, -0.2) is 32.6 Å². The first kappa shape index (κ1) is 21.0. The number of nitrogens with zero attached hydrogens (tertiary/aromatic N) is 4. The van der Waals surface area contributed by atoms with E-state index in [4.69, 9.17) is 0 Å². The highest BCUT2D eigenvalue weighted by Crippen LogP contribution is 2.38. The standard InChI is InChI=1S/C23H28N6O2/c1-14(30)27-17-6-4-5-15(7-17)22(31)28-21-8-18(16(10-24)11-25-21)19-12-26-29-13-23(2,3)9-20(19)29/h8,11-12,15,17H,4-7,9,13H2,1-3H3,(H,27,30)(H,25,28,31)/t15-,17+/m0/s1. The zero-order chi connectivity index (χ0) is 22.2. The molecule has 8 nitrogen and oxygen atoms in total. The van der Waals surface area contributed by atoms with Gasteiger partial charge in [0, 0.05) is 48.4 Å². The average Bonchev–Trinajstić information content (AvgIpc) is 3.22. The molecule has 0 spiro atoms. The predicted octanol–water partition coefficient (Wildman–Crippen LogP) is 3.03. The van der Waals surface area contributed by atoms with E-state index in [0.29, 0.717) is 17.8 Å². The molecular formula is C23H28N6O2. The molecule has 0 radical (unpaired) electrons. The summed E-state index contributed by atoms with van der Waals surface area (Å²) < 4.78 is 2.00. The van der Waals surface area contributed by atoms with Gasteiger partial charge in [0.05, 0.1) is 11.8 Å². The number of pyridine rings is 1. The fourth-order valence-electron chi connectivity index (χ4n) is 4.78. The fourth-order valence-corrected chi connectivity index (χ4v) is 4.78. The topological polar surface area (TPSA) is 113 Å². The van der Waals surface area contributed by atoms with Crippen LogP contribution in [0.3, 0.4) is 0 Å². The van der Waals surface area contributed by atoms with E-state index in [1.54, 1.807) is 12.3 Å². The van der Waals surface area contributed by atoms with E-state index in [1.807, 2.05) is 4.68 Å². The quantitative estimate of drug-likeness (QED) is 0.789. The summed E-state index contributed by atoms with van der Waals surface area (Å²) in [6.07, 6.45) is 7.39. The van der Waals surface area contributed by atoms with Crippen LogP contribution in [0.1, 0.15) is 57.7 Å². The molecule has 2 amide bonds. The molecule has 0 unspecified atom stereocenters. The van der Waals surface area contributed by atoms with Gasteiger partial charge in [-0.2, -0.15) is 10.4 Å². The zero-order valence-corrected chi connectivity index (χ0v) is 18.2. The second-order valence-corrected chi connectivity index (χ2v) is 9.48. The lowest BCUT2D eigenvalue weighted by Gasteiger charge is -2.28. The van der Waals surface area contributed by atoms with Gasteiger partial charge in [-0.1, -0.05) is 20.3 Å². The molecule has 31 heavy (non-hydrogen) atoms. The number of hydrogen-bond acceptors (Lipinski definition) is 5. The van der Waals surface area contributed by atoms with E-state index < -0.39 is 0 Å². The molecule has 0 aromatic carbocycles. The van der Waals surface area contributed by atoms with E-state index in [0.717, 1.165) is 49.0 Å². The van der Waals surface area contributed by atoms with Gasteiger partial charge in [0.1, 0.15) is 11.9 Å². The van der Waals surface area contributed by atoms with Crippen LogP contribution in [0.25, 0.3) is 11.1 Å². The molecular weight excluding hydrogens is 392 g/mol. The lowest BCUT2D eigenvalue weighted by Crippen LogP contribution is -2.40. The number of aromatic nitrogens is 3. The van der Waals surface area contributed by atoms with Crippen molar-refractivity contribution in [1.82, 2.24) is 20.1 Å². The van der Waals surface area contributed by atoms with Crippen molar-refractivity contribution in [3.8, 4) is 17.2 Å². The van der Waals surface area contributed by atoms with Crippen LogP contribution in [0.15, 0.2) is 18.5 Å². The number of carbonyl (C=O) groups is 2. The van der Waals surface area contributed by atoms with E-state index in [-0.39, 0.29) is 29.2 Å². The molecule has 2 aromatic heterocycles. The highest BCUT2D eigenvalue weighted by molar-refractivity contribution is 5.92. The molecule has 0 bridgehead atoms. The summed E-state index contributed by atoms with van der Waals surface area (Å²) in [6.45, 7) is 6.75. The minimum atomic E-state index is -0.173. The van der Waals surface area contributed by atoms with Crippen molar-refractivity contribution in [2.24, 2.45) is 11.3 Å². The lowest BCUT2D eigenvalue weighted by atomic mass is 9.85. The van der Waals surface area contributed by atoms with Crippen molar-refractivity contribution in [1.29, 1.82) is 5.26 Å². The molecule has 4 rings (SSSR count). The first-order chi connectivity index (χ1) is 14.8. The maximum Gasteiger partial charge on any atom is 0.228 e. The summed E-state index contributed by atoms with van der Waals surface area (Å²) in [5, 5.41) is 20.0. The summed E-state index contributed by atoms with van der Waals surface area (Å²) in [5.74, 6) is 0.0893. The van der Waals surface area contributed by atoms with Gasteiger partial charge in [-0.3, -0.25) is 14.3 Å². The summed E-state index contributed by atoms with van der Waals surface area (Å²) in [5.41, 5.74) is 3.35. The molecule has 162 valence electrons. The molecule has 1 saturated carbocycles. The smallest absolute Gasteiger partial charge is 0.228 e. The second-order valence-electron chi connectivity index (χ2n) is 9.48. The van der Waals surface area contributed by atoms with E-state index in [2.05, 4.69) is 40.6 Å². The molecule has 0 saturated heterocycles. The molecule has 1 fully saturated rings. The molecule has 3 heterocycles. The van der Waals surface area contributed by atoms with E-state index in [9.17, 15) is 14.9 Å². The number of amides is 2. The SMILES string of the molecule is CC(=O)N[C@@H]1CCC[C@H](C(=O)Nc2cc(-c3cnn4c3CC(C)(C)C4)c(C#N)cn2)C1. The summed E-state index contributed by atoms with van der Waals surface area (Å²) in [7, 11) is 0. The first-order valence-corrected chi connectivity index (χ1v) is 10.8. The number of rotatable bonds is 4. The second kappa shape index (κ2) is 8.14. The predicted molar refractivity (Wildman–Crippen MR) is 116 cm³/mol. The lowest BCUT2D eigenvalue weighted by molar-refractivity contribution is -0.123. The van der Waals surface area contributed by atoms with Crippen molar-refractivity contribution in [3.05, 3.63) is 29.7 Å². The Morgan fingerprint density at radius 2 is 2.06 bits per heavy atom. The van der Waals surface area contributed by atoms with E-state index >= 15 is 0 Å². The normalized spacial score (nSPS) is 21.7. The molecule has 2 atom stereocenters. The molecule has 2 aromatic rings. The first-order valence-electron chi connectivity index (χ1n) is 10.8. The van der Waals surface area contributed by atoms with Crippen LogP contribution in [0.4, 0.5) is 5.82 Å². The van der Waals surface area contributed by atoms with Crippen LogP contribution < -0.4 is 10.6 Å².